The molecule has 6 heteroatoms. The quantitative estimate of drug-likeness (QED) is 0.808. The van der Waals surface area contributed by atoms with Crippen molar-refractivity contribution in [3.05, 3.63) is 69.6 Å². The molecule has 1 N–H and O–H groups in total. The molecule has 0 saturated carbocycles. The molecule has 2 aromatic heterocycles. The zero-order valence-electron chi connectivity index (χ0n) is 10.9. The van der Waals surface area contributed by atoms with E-state index in [1.807, 2.05) is 0 Å². The molecule has 106 valence electrons. The summed E-state index contributed by atoms with van der Waals surface area (Å²) in [5, 5.41) is 9.94. The maximum atomic E-state index is 12.3. The van der Waals surface area contributed by atoms with Crippen LogP contribution in [0.25, 0.3) is 5.65 Å². The summed E-state index contributed by atoms with van der Waals surface area (Å²) in [6, 6.07) is 11.9. The highest BCUT2D eigenvalue weighted by Crippen LogP contribution is 2.24. The van der Waals surface area contributed by atoms with E-state index in [9.17, 15) is 9.90 Å². The zero-order valence-corrected chi connectivity index (χ0v) is 11.6. The summed E-state index contributed by atoms with van der Waals surface area (Å²) in [7, 11) is 0. The van der Waals surface area contributed by atoms with Crippen molar-refractivity contribution in [1.82, 2.24) is 9.38 Å². The molecule has 0 radical (unpaired) electrons. The molecular formula is C15H11ClN2O3. The summed E-state index contributed by atoms with van der Waals surface area (Å²) in [5.74, 6) is 0.528. The maximum Gasteiger partial charge on any atom is 0.267 e. The second-order valence-electron chi connectivity index (χ2n) is 4.35. The van der Waals surface area contributed by atoms with Crippen LogP contribution in [0.1, 0.15) is 5.56 Å². The van der Waals surface area contributed by atoms with E-state index in [-0.39, 0.29) is 17.0 Å². The standard InChI is InChI=1S/C15H11ClN2O3/c16-10-4-3-5-11(8-10)21-14-12(9-19)15(20)18-7-2-1-6-13(18)17-14/h1-8,19H,9H2. The number of pyridine rings is 1. The van der Waals surface area contributed by atoms with Crippen LogP contribution in [0.5, 0.6) is 11.6 Å². The number of aromatic nitrogens is 2. The van der Waals surface area contributed by atoms with Crippen molar-refractivity contribution in [1.29, 1.82) is 0 Å². The van der Waals surface area contributed by atoms with Gasteiger partial charge < -0.3 is 9.84 Å². The van der Waals surface area contributed by atoms with E-state index in [0.29, 0.717) is 16.4 Å². The molecule has 0 aliphatic rings. The molecule has 0 amide bonds. The predicted octanol–water partition coefficient (Wildman–Crippen LogP) is 2.63. The van der Waals surface area contributed by atoms with Crippen LogP contribution in [0.2, 0.25) is 5.02 Å². The molecule has 0 atom stereocenters. The molecular weight excluding hydrogens is 292 g/mol. The van der Waals surface area contributed by atoms with Gasteiger partial charge in [-0.1, -0.05) is 23.7 Å². The Bertz CT molecular complexity index is 861. The van der Waals surface area contributed by atoms with Crippen LogP contribution in [0.3, 0.4) is 0 Å². The number of benzene rings is 1. The van der Waals surface area contributed by atoms with Gasteiger partial charge in [0.1, 0.15) is 17.0 Å². The van der Waals surface area contributed by atoms with E-state index in [2.05, 4.69) is 4.98 Å². The first kappa shape index (κ1) is 13.6. The van der Waals surface area contributed by atoms with Crippen LogP contribution < -0.4 is 10.3 Å². The van der Waals surface area contributed by atoms with Crippen molar-refractivity contribution in [3.8, 4) is 11.6 Å². The number of hydrogen-bond acceptors (Lipinski definition) is 4. The third-order valence-corrected chi connectivity index (χ3v) is 3.19. The van der Waals surface area contributed by atoms with Gasteiger partial charge in [0.2, 0.25) is 5.88 Å². The highest BCUT2D eigenvalue weighted by molar-refractivity contribution is 6.30. The molecule has 1 aromatic carbocycles. The van der Waals surface area contributed by atoms with Crippen LogP contribution in [-0.4, -0.2) is 14.5 Å². The summed E-state index contributed by atoms with van der Waals surface area (Å²) < 4.78 is 6.96. The lowest BCUT2D eigenvalue weighted by atomic mass is 10.3. The van der Waals surface area contributed by atoms with Gasteiger partial charge in [-0.3, -0.25) is 9.20 Å². The SMILES string of the molecule is O=c1c(CO)c(Oc2cccc(Cl)c2)nc2ccccn12. The number of ether oxygens (including phenoxy) is 1. The fourth-order valence-electron chi connectivity index (χ4n) is 1.97. The van der Waals surface area contributed by atoms with E-state index in [1.54, 1.807) is 48.7 Å². The Kier molecular flexibility index (Phi) is 3.60. The highest BCUT2D eigenvalue weighted by Gasteiger charge is 2.14. The first-order chi connectivity index (χ1) is 10.2. The Hall–Kier alpha value is -2.37. The highest BCUT2D eigenvalue weighted by atomic mass is 35.5. The van der Waals surface area contributed by atoms with Crippen LogP contribution in [0.4, 0.5) is 0 Å². The van der Waals surface area contributed by atoms with Gasteiger partial charge in [-0.05, 0) is 30.3 Å². The number of halogens is 1. The predicted molar refractivity (Wildman–Crippen MR) is 78.9 cm³/mol. The van der Waals surface area contributed by atoms with Gasteiger partial charge >= 0.3 is 0 Å². The summed E-state index contributed by atoms with van der Waals surface area (Å²) in [5.41, 5.74) is 0.176. The van der Waals surface area contributed by atoms with Crippen molar-refractivity contribution in [2.24, 2.45) is 0 Å². The number of fused-ring (bicyclic) bond motifs is 1. The van der Waals surface area contributed by atoms with Crippen LogP contribution >= 0.6 is 11.6 Å². The van der Waals surface area contributed by atoms with Gasteiger partial charge in [0.15, 0.2) is 0 Å². The Morgan fingerprint density at radius 3 is 2.86 bits per heavy atom. The number of nitrogens with zero attached hydrogens (tertiary/aromatic N) is 2. The van der Waals surface area contributed by atoms with Crippen LogP contribution in [0.15, 0.2) is 53.5 Å². The average Bonchev–Trinajstić information content (AvgIpc) is 2.48. The normalized spacial score (nSPS) is 10.8. The molecule has 0 spiro atoms. The molecule has 5 nitrogen and oxygen atoms in total. The molecule has 0 aliphatic heterocycles. The summed E-state index contributed by atoms with van der Waals surface area (Å²) >= 11 is 5.90. The third kappa shape index (κ3) is 2.61. The van der Waals surface area contributed by atoms with Gasteiger partial charge in [-0.25, -0.2) is 0 Å². The lowest BCUT2D eigenvalue weighted by molar-refractivity contribution is 0.272. The first-order valence-electron chi connectivity index (χ1n) is 6.23. The van der Waals surface area contributed by atoms with Gasteiger partial charge in [-0.2, -0.15) is 4.98 Å². The van der Waals surface area contributed by atoms with Gasteiger partial charge in [0, 0.05) is 11.2 Å². The monoisotopic (exact) mass is 302 g/mol. The molecule has 3 rings (SSSR count). The maximum absolute atomic E-state index is 12.3. The fraction of sp³-hybridized carbons (Fsp3) is 0.0667. The Morgan fingerprint density at radius 1 is 1.24 bits per heavy atom. The zero-order chi connectivity index (χ0) is 14.8. The molecule has 0 bridgehead atoms. The Balaban J connectivity index is 2.15. The molecule has 2 heterocycles. The lowest BCUT2D eigenvalue weighted by Gasteiger charge is -2.10. The van der Waals surface area contributed by atoms with E-state index < -0.39 is 6.61 Å². The van der Waals surface area contributed by atoms with Crippen molar-refractivity contribution >= 4 is 17.2 Å². The Morgan fingerprint density at radius 2 is 2.10 bits per heavy atom. The van der Waals surface area contributed by atoms with Gasteiger partial charge in [0.25, 0.3) is 5.56 Å². The van der Waals surface area contributed by atoms with Gasteiger partial charge in [0.05, 0.1) is 6.61 Å². The third-order valence-electron chi connectivity index (χ3n) is 2.96. The van der Waals surface area contributed by atoms with Crippen LogP contribution in [-0.2, 0) is 6.61 Å². The summed E-state index contributed by atoms with van der Waals surface area (Å²) in [6.07, 6.45) is 1.59. The number of hydrogen-bond donors (Lipinski definition) is 1. The number of aliphatic hydroxyl groups is 1. The fourth-order valence-corrected chi connectivity index (χ4v) is 2.15. The minimum atomic E-state index is -0.459. The molecule has 0 saturated heterocycles. The van der Waals surface area contributed by atoms with E-state index in [0.717, 1.165) is 0 Å². The van der Waals surface area contributed by atoms with Crippen molar-refractivity contribution in [2.75, 3.05) is 0 Å². The lowest BCUT2D eigenvalue weighted by Crippen LogP contribution is -2.20. The van der Waals surface area contributed by atoms with Gasteiger partial charge in [-0.15, -0.1) is 0 Å². The number of aliphatic hydroxyl groups excluding tert-OH is 1. The van der Waals surface area contributed by atoms with Crippen molar-refractivity contribution < 1.29 is 9.84 Å². The minimum Gasteiger partial charge on any atom is -0.438 e. The molecule has 21 heavy (non-hydrogen) atoms. The number of rotatable bonds is 3. The van der Waals surface area contributed by atoms with Crippen LogP contribution in [0, 0.1) is 0 Å². The van der Waals surface area contributed by atoms with E-state index in [1.165, 1.54) is 4.40 Å². The second kappa shape index (κ2) is 5.55. The smallest absolute Gasteiger partial charge is 0.267 e. The van der Waals surface area contributed by atoms with E-state index >= 15 is 0 Å². The molecule has 0 aliphatic carbocycles. The minimum absolute atomic E-state index is 0.0796. The summed E-state index contributed by atoms with van der Waals surface area (Å²) in [4.78, 5) is 16.6. The Labute approximate surface area is 125 Å². The molecule has 0 fully saturated rings. The molecule has 0 unspecified atom stereocenters. The van der Waals surface area contributed by atoms with E-state index in [4.69, 9.17) is 16.3 Å². The average molecular weight is 303 g/mol. The van der Waals surface area contributed by atoms with Crippen molar-refractivity contribution in [3.63, 3.8) is 0 Å². The first-order valence-corrected chi connectivity index (χ1v) is 6.61. The largest absolute Gasteiger partial charge is 0.438 e. The summed E-state index contributed by atoms with van der Waals surface area (Å²) in [6.45, 7) is -0.459. The topological polar surface area (TPSA) is 63.8 Å². The second-order valence-corrected chi connectivity index (χ2v) is 4.78. The van der Waals surface area contributed by atoms with Crippen molar-refractivity contribution in [2.45, 2.75) is 6.61 Å². The molecule has 3 aromatic rings.